The van der Waals surface area contributed by atoms with Gasteiger partial charge < -0.3 is 0 Å². The molecule has 0 saturated carbocycles. The highest BCUT2D eigenvalue weighted by atomic mass is 15.1. The normalized spacial score (nSPS) is 13.1. The lowest BCUT2D eigenvalue weighted by atomic mass is 9.98. The van der Waals surface area contributed by atoms with E-state index in [1.807, 2.05) is 6.20 Å². The van der Waals surface area contributed by atoms with Crippen molar-refractivity contribution in [2.24, 2.45) is 22.1 Å². The maximum absolute atomic E-state index is 4.08. The van der Waals surface area contributed by atoms with Crippen molar-refractivity contribution in [2.75, 3.05) is 7.05 Å². The molecule has 0 unspecified atom stereocenters. The van der Waals surface area contributed by atoms with E-state index in [4.69, 9.17) is 0 Å². The van der Waals surface area contributed by atoms with Crippen molar-refractivity contribution in [1.29, 1.82) is 0 Å². The molecule has 0 aliphatic heterocycles. The molecule has 0 spiro atoms. The standard InChI is InChI=1S/C18H36N2/c1-16(2)11-7-6-8-13-18(15-20-19-5)14-10-9-12-17(3)4/h15-17H,6-14H2,1-5H3/b18-15-,20-19-. The van der Waals surface area contributed by atoms with Gasteiger partial charge in [0, 0.05) is 13.2 Å². The van der Waals surface area contributed by atoms with E-state index in [1.54, 1.807) is 7.05 Å². The first kappa shape index (κ1) is 19.3. The summed E-state index contributed by atoms with van der Waals surface area (Å²) >= 11 is 0. The van der Waals surface area contributed by atoms with Crippen molar-refractivity contribution in [3.05, 3.63) is 11.8 Å². The zero-order chi connectivity index (χ0) is 15.2. The highest BCUT2D eigenvalue weighted by molar-refractivity contribution is 5.00. The molecule has 0 rings (SSSR count). The van der Waals surface area contributed by atoms with E-state index in [2.05, 4.69) is 37.9 Å². The second kappa shape index (κ2) is 13.3. The fourth-order valence-corrected chi connectivity index (χ4v) is 2.38. The van der Waals surface area contributed by atoms with E-state index in [0.717, 1.165) is 11.8 Å². The topological polar surface area (TPSA) is 24.7 Å². The molecule has 0 saturated heterocycles. The lowest BCUT2D eigenvalue weighted by molar-refractivity contribution is 0.518. The van der Waals surface area contributed by atoms with Crippen molar-refractivity contribution < 1.29 is 0 Å². The number of unbranched alkanes of at least 4 members (excludes halogenated alkanes) is 3. The molecule has 0 aliphatic carbocycles. The van der Waals surface area contributed by atoms with Crippen LogP contribution in [-0.4, -0.2) is 7.05 Å². The molecular formula is C18H36N2. The van der Waals surface area contributed by atoms with Crippen LogP contribution in [0, 0.1) is 11.8 Å². The molecule has 0 aliphatic rings. The zero-order valence-electron chi connectivity index (χ0n) is 14.5. The summed E-state index contributed by atoms with van der Waals surface area (Å²) in [5.41, 5.74) is 1.49. The first-order chi connectivity index (χ1) is 9.56. The van der Waals surface area contributed by atoms with E-state index < -0.39 is 0 Å². The van der Waals surface area contributed by atoms with Crippen LogP contribution in [0.5, 0.6) is 0 Å². The summed E-state index contributed by atoms with van der Waals surface area (Å²) in [4.78, 5) is 0. The van der Waals surface area contributed by atoms with E-state index >= 15 is 0 Å². The number of allylic oxidation sites excluding steroid dienone is 1. The van der Waals surface area contributed by atoms with Crippen molar-refractivity contribution in [3.63, 3.8) is 0 Å². The van der Waals surface area contributed by atoms with Crippen LogP contribution in [0.15, 0.2) is 22.0 Å². The Labute approximate surface area is 127 Å². The summed E-state index contributed by atoms with van der Waals surface area (Å²) in [6.07, 6.45) is 13.8. The Morgan fingerprint density at radius 1 is 0.800 bits per heavy atom. The molecule has 20 heavy (non-hydrogen) atoms. The number of nitrogens with zero attached hydrogens (tertiary/aromatic N) is 2. The second-order valence-corrected chi connectivity index (χ2v) is 6.74. The van der Waals surface area contributed by atoms with Gasteiger partial charge in [-0.1, -0.05) is 65.4 Å². The van der Waals surface area contributed by atoms with Crippen molar-refractivity contribution >= 4 is 0 Å². The minimum Gasteiger partial charge on any atom is -0.193 e. The fraction of sp³-hybridized carbons (Fsp3) is 0.889. The zero-order valence-corrected chi connectivity index (χ0v) is 14.5. The minimum absolute atomic E-state index is 0.828. The Balaban J connectivity index is 3.85. The Morgan fingerprint density at radius 2 is 1.30 bits per heavy atom. The van der Waals surface area contributed by atoms with Crippen LogP contribution in [0.2, 0.25) is 0 Å². The third-order valence-corrected chi connectivity index (χ3v) is 3.66. The van der Waals surface area contributed by atoms with Crippen LogP contribution in [0.3, 0.4) is 0 Å². The Morgan fingerprint density at radius 3 is 1.80 bits per heavy atom. The fourth-order valence-electron chi connectivity index (χ4n) is 2.38. The third-order valence-electron chi connectivity index (χ3n) is 3.66. The third kappa shape index (κ3) is 13.8. The van der Waals surface area contributed by atoms with Gasteiger partial charge in [-0.2, -0.15) is 10.2 Å². The van der Waals surface area contributed by atoms with Crippen molar-refractivity contribution in [2.45, 2.75) is 85.5 Å². The second-order valence-electron chi connectivity index (χ2n) is 6.74. The van der Waals surface area contributed by atoms with E-state index in [9.17, 15) is 0 Å². The lowest BCUT2D eigenvalue weighted by Crippen LogP contribution is -1.91. The molecule has 0 amide bonds. The summed E-state index contributed by atoms with van der Waals surface area (Å²) in [5.74, 6) is 1.67. The van der Waals surface area contributed by atoms with Gasteiger partial charge >= 0.3 is 0 Å². The Hall–Kier alpha value is -0.660. The first-order valence-electron chi connectivity index (χ1n) is 8.53. The van der Waals surface area contributed by atoms with Gasteiger partial charge in [-0.25, -0.2) is 0 Å². The van der Waals surface area contributed by atoms with Gasteiger partial charge in [0.25, 0.3) is 0 Å². The molecule has 2 nitrogen and oxygen atoms in total. The molecule has 0 bridgehead atoms. The van der Waals surface area contributed by atoms with Gasteiger partial charge in [-0.15, -0.1) is 0 Å². The summed E-state index contributed by atoms with van der Waals surface area (Å²) in [5, 5.41) is 7.92. The smallest absolute Gasteiger partial charge is 0.0491 e. The molecule has 0 radical (unpaired) electrons. The summed E-state index contributed by atoms with van der Waals surface area (Å²) in [6.45, 7) is 9.22. The largest absolute Gasteiger partial charge is 0.193 e. The molecule has 0 aromatic carbocycles. The van der Waals surface area contributed by atoms with Gasteiger partial charge in [0.2, 0.25) is 0 Å². The summed E-state index contributed by atoms with van der Waals surface area (Å²) in [7, 11) is 1.75. The van der Waals surface area contributed by atoms with Gasteiger partial charge in [0.05, 0.1) is 0 Å². The number of hydrogen-bond donors (Lipinski definition) is 0. The van der Waals surface area contributed by atoms with Gasteiger partial charge in [-0.05, 0) is 37.5 Å². The minimum atomic E-state index is 0.828. The number of hydrogen-bond acceptors (Lipinski definition) is 2. The lowest BCUT2D eigenvalue weighted by Gasteiger charge is -2.08. The Bertz CT molecular complexity index is 265. The van der Waals surface area contributed by atoms with Crippen LogP contribution in [0.1, 0.15) is 85.5 Å². The van der Waals surface area contributed by atoms with Gasteiger partial charge in [-0.3, -0.25) is 0 Å². The van der Waals surface area contributed by atoms with Gasteiger partial charge in [0.15, 0.2) is 0 Å². The van der Waals surface area contributed by atoms with E-state index in [0.29, 0.717) is 0 Å². The van der Waals surface area contributed by atoms with Crippen LogP contribution in [0.4, 0.5) is 0 Å². The van der Waals surface area contributed by atoms with E-state index in [1.165, 1.54) is 63.4 Å². The molecule has 0 N–H and O–H groups in total. The average Bonchev–Trinajstić information content (AvgIpc) is 2.38. The molecule has 0 atom stereocenters. The van der Waals surface area contributed by atoms with Crippen molar-refractivity contribution in [3.8, 4) is 0 Å². The SMILES string of the molecule is C/N=N\C=C(\CCCCCC(C)C)CCCCC(C)C. The average molecular weight is 280 g/mol. The predicted octanol–water partition coefficient (Wildman–Crippen LogP) is 6.78. The van der Waals surface area contributed by atoms with Crippen molar-refractivity contribution in [1.82, 2.24) is 0 Å². The summed E-state index contributed by atoms with van der Waals surface area (Å²) in [6, 6.07) is 0. The molecular weight excluding hydrogens is 244 g/mol. The molecule has 0 heterocycles. The molecule has 2 heteroatoms. The van der Waals surface area contributed by atoms with E-state index in [-0.39, 0.29) is 0 Å². The maximum atomic E-state index is 4.08. The Kier molecular flexibility index (Phi) is 12.9. The summed E-state index contributed by atoms with van der Waals surface area (Å²) < 4.78 is 0. The predicted molar refractivity (Wildman–Crippen MR) is 90.1 cm³/mol. The number of rotatable bonds is 12. The first-order valence-corrected chi connectivity index (χ1v) is 8.53. The van der Waals surface area contributed by atoms with Crippen LogP contribution in [-0.2, 0) is 0 Å². The maximum Gasteiger partial charge on any atom is 0.0491 e. The van der Waals surface area contributed by atoms with Gasteiger partial charge in [0.1, 0.15) is 0 Å². The quantitative estimate of drug-likeness (QED) is 0.278. The molecule has 118 valence electrons. The molecule has 0 fully saturated rings. The highest BCUT2D eigenvalue weighted by Gasteiger charge is 2.01. The number of azo groups is 1. The molecule has 0 aromatic rings. The highest BCUT2D eigenvalue weighted by Crippen LogP contribution is 2.19. The monoisotopic (exact) mass is 280 g/mol. The molecule has 0 aromatic heterocycles. The van der Waals surface area contributed by atoms with Crippen LogP contribution >= 0.6 is 0 Å². The van der Waals surface area contributed by atoms with Crippen LogP contribution < -0.4 is 0 Å². The van der Waals surface area contributed by atoms with Crippen LogP contribution in [0.25, 0.3) is 0 Å².